The van der Waals surface area contributed by atoms with E-state index in [1.54, 1.807) is 0 Å². The van der Waals surface area contributed by atoms with E-state index in [4.69, 9.17) is 5.73 Å². The third-order valence-electron chi connectivity index (χ3n) is 3.68. The number of amides is 3. The van der Waals surface area contributed by atoms with Crippen molar-refractivity contribution < 1.29 is 9.59 Å². The van der Waals surface area contributed by atoms with E-state index < -0.39 is 17.2 Å². The van der Waals surface area contributed by atoms with Gasteiger partial charge in [-0.3, -0.25) is 10.1 Å². The second-order valence-electron chi connectivity index (χ2n) is 5.99. The summed E-state index contributed by atoms with van der Waals surface area (Å²) >= 11 is 2.76. The van der Waals surface area contributed by atoms with Gasteiger partial charge in [0.05, 0.1) is 5.25 Å². The number of primary amides is 1. The smallest absolute Gasteiger partial charge is 0.318 e. The number of anilines is 1. The lowest BCUT2D eigenvalue weighted by Crippen LogP contribution is -2.42. The number of carbonyl (C=O) groups is 2. The number of rotatable bonds is 6. The average molecular weight is 358 g/mol. The van der Waals surface area contributed by atoms with Crippen molar-refractivity contribution in [2.45, 2.75) is 61.6 Å². The van der Waals surface area contributed by atoms with Gasteiger partial charge in [0.25, 0.3) is 0 Å². The van der Waals surface area contributed by atoms with E-state index >= 15 is 0 Å². The molecule has 1 aromatic rings. The molecule has 0 bridgehead atoms. The number of aromatic nitrogens is 2. The predicted molar refractivity (Wildman–Crippen MR) is 92.6 cm³/mol. The normalized spacial score (nSPS) is 17.0. The number of nitrogens with two attached hydrogens (primary N) is 1. The van der Waals surface area contributed by atoms with Crippen LogP contribution in [0.2, 0.25) is 0 Å². The van der Waals surface area contributed by atoms with Crippen LogP contribution in [0.25, 0.3) is 0 Å². The number of carbonyl (C=O) groups excluding carboxylic acids is 2. The Morgan fingerprint density at radius 1 is 1.26 bits per heavy atom. The van der Waals surface area contributed by atoms with Crippen molar-refractivity contribution in [2.75, 3.05) is 5.32 Å². The first-order valence-electron chi connectivity index (χ1n) is 7.82. The van der Waals surface area contributed by atoms with Crippen LogP contribution >= 0.6 is 23.1 Å². The zero-order valence-corrected chi connectivity index (χ0v) is 15.0. The molecule has 23 heavy (non-hydrogen) atoms. The topological polar surface area (TPSA) is 110 Å². The summed E-state index contributed by atoms with van der Waals surface area (Å²) in [6.07, 6.45) is 6.14. The van der Waals surface area contributed by atoms with Crippen LogP contribution in [0.4, 0.5) is 9.93 Å². The highest BCUT2D eigenvalue weighted by Crippen LogP contribution is 2.33. The van der Waals surface area contributed by atoms with E-state index in [-0.39, 0.29) is 5.92 Å². The summed E-state index contributed by atoms with van der Waals surface area (Å²) in [7, 11) is 0. The molecular formula is C14H23N5O2S2. The molecule has 0 aliphatic heterocycles. The van der Waals surface area contributed by atoms with Gasteiger partial charge in [-0.2, -0.15) is 0 Å². The molecule has 9 heteroatoms. The number of nitrogens with one attached hydrogen (secondary N) is 2. The molecule has 1 aliphatic carbocycles. The maximum absolute atomic E-state index is 12.0. The van der Waals surface area contributed by atoms with E-state index in [0.29, 0.717) is 10.4 Å². The van der Waals surface area contributed by atoms with Crippen molar-refractivity contribution >= 4 is 40.2 Å². The standard InChI is InChI=1S/C14H23N5O2S2/c1-8(2)10(11(20)17-12(15)21)22-14-19-18-13(23-14)16-9-6-4-3-5-7-9/h8-10H,3-7H2,1-2H3,(H,16,18)(H3,15,17,20,21)/t10-/m1/s1. The maximum atomic E-state index is 12.0. The van der Waals surface area contributed by atoms with Crippen molar-refractivity contribution in [3.05, 3.63) is 0 Å². The SMILES string of the molecule is CC(C)[C@@H](Sc1nnc(NC2CCCCC2)s1)C(=O)NC(N)=O. The van der Waals surface area contributed by atoms with Gasteiger partial charge >= 0.3 is 6.03 Å². The Labute approximate surface area is 144 Å². The number of urea groups is 1. The Kier molecular flexibility index (Phi) is 6.64. The highest BCUT2D eigenvalue weighted by Gasteiger charge is 2.26. The Bertz CT molecular complexity index is 543. The van der Waals surface area contributed by atoms with Crippen LogP contribution in [0, 0.1) is 5.92 Å². The highest BCUT2D eigenvalue weighted by molar-refractivity contribution is 8.02. The lowest BCUT2D eigenvalue weighted by atomic mass is 9.96. The molecule has 0 spiro atoms. The molecule has 0 unspecified atom stereocenters. The number of hydrogen-bond acceptors (Lipinski definition) is 7. The molecule has 1 atom stereocenters. The van der Waals surface area contributed by atoms with Gasteiger partial charge in [-0.25, -0.2) is 4.79 Å². The van der Waals surface area contributed by atoms with E-state index in [0.717, 1.165) is 18.0 Å². The van der Waals surface area contributed by atoms with Crippen LogP contribution in [0.3, 0.4) is 0 Å². The fourth-order valence-corrected chi connectivity index (χ4v) is 4.57. The second-order valence-corrected chi connectivity index (χ2v) is 8.35. The summed E-state index contributed by atoms with van der Waals surface area (Å²) in [6.45, 7) is 3.83. The van der Waals surface area contributed by atoms with Crippen LogP contribution in [0.1, 0.15) is 46.0 Å². The van der Waals surface area contributed by atoms with Gasteiger partial charge in [-0.1, -0.05) is 56.2 Å². The lowest BCUT2D eigenvalue weighted by molar-refractivity contribution is -0.120. The first-order chi connectivity index (χ1) is 11.0. The average Bonchev–Trinajstić information content (AvgIpc) is 2.92. The zero-order valence-electron chi connectivity index (χ0n) is 13.4. The van der Waals surface area contributed by atoms with Gasteiger partial charge in [0.2, 0.25) is 11.0 Å². The van der Waals surface area contributed by atoms with Gasteiger partial charge in [0.1, 0.15) is 0 Å². The third kappa shape index (κ3) is 5.65. The molecular weight excluding hydrogens is 334 g/mol. The predicted octanol–water partition coefficient (Wildman–Crippen LogP) is 2.59. The quantitative estimate of drug-likeness (QED) is 0.675. The molecule has 0 saturated heterocycles. The monoisotopic (exact) mass is 357 g/mol. The molecule has 0 aromatic carbocycles. The molecule has 1 heterocycles. The summed E-state index contributed by atoms with van der Waals surface area (Å²) in [5.74, 6) is -0.354. The summed E-state index contributed by atoms with van der Waals surface area (Å²) in [6, 6.07) is -0.369. The molecule has 4 N–H and O–H groups in total. The van der Waals surface area contributed by atoms with Crippen molar-refractivity contribution in [3.63, 3.8) is 0 Å². The van der Waals surface area contributed by atoms with Crippen LogP contribution in [-0.4, -0.2) is 33.4 Å². The number of imide groups is 1. The molecule has 0 radical (unpaired) electrons. The maximum Gasteiger partial charge on any atom is 0.318 e. The van der Waals surface area contributed by atoms with Gasteiger partial charge in [0, 0.05) is 6.04 Å². The fraction of sp³-hybridized carbons (Fsp3) is 0.714. The molecule has 1 saturated carbocycles. The minimum absolute atomic E-state index is 0.0398. The fourth-order valence-electron chi connectivity index (χ4n) is 2.53. The first kappa shape index (κ1) is 18.0. The second kappa shape index (κ2) is 8.49. The lowest BCUT2D eigenvalue weighted by Gasteiger charge is -2.21. The van der Waals surface area contributed by atoms with Crippen molar-refractivity contribution in [2.24, 2.45) is 11.7 Å². The number of thioether (sulfide) groups is 1. The van der Waals surface area contributed by atoms with Crippen LogP contribution in [-0.2, 0) is 4.79 Å². The Hall–Kier alpha value is -1.35. The van der Waals surface area contributed by atoms with Gasteiger partial charge in [0.15, 0.2) is 4.34 Å². The largest absolute Gasteiger partial charge is 0.357 e. The summed E-state index contributed by atoms with van der Waals surface area (Å²) < 4.78 is 0.710. The molecule has 7 nitrogen and oxygen atoms in total. The van der Waals surface area contributed by atoms with Gasteiger partial charge in [-0.05, 0) is 18.8 Å². The third-order valence-corrected chi connectivity index (χ3v) is 6.16. The number of hydrogen-bond donors (Lipinski definition) is 3. The molecule has 1 fully saturated rings. The zero-order chi connectivity index (χ0) is 16.8. The van der Waals surface area contributed by atoms with E-state index in [9.17, 15) is 9.59 Å². The minimum Gasteiger partial charge on any atom is -0.357 e. The molecule has 1 aromatic heterocycles. The van der Waals surface area contributed by atoms with E-state index in [2.05, 4.69) is 20.8 Å². The van der Waals surface area contributed by atoms with Gasteiger partial charge in [-0.15, -0.1) is 10.2 Å². The summed E-state index contributed by atoms with van der Waals surface area (Å²) in [5, 5.41) is 14.2. The van der Waals surface area contributed by atoms with Crippen molar-refractivity contribution in [1.82, 2.24) is 15.5 Å². The molecule has 1 aliphatic rings. The Balaban J connectivity index is 1.95. The van der Waals surface area contributed by atoms with E-state index in [1.165, 1.54) is 42.4 Å². The molecule has 128 valence electrons. The van der Waals surface area contributed by atoms with Crippen LogP contribution in [0.5, 0.6) is 0 Å². The van der Waals surface area contributed by atoms with Crippen molar-refractivity contribution in [1.29, 1.82) is 0 Å². The summed E-state index contributed by atoms with van der Waals surface area (Å²) in [5.41, 5.74) is 5.02. The van der Waals surface area contributed by atoms with E-state index in [1.807, 2.05) is 13.8 Å². The van der Waals surface area contributed by atoms with Crippen LogP contribution in [0.15, 0.2) is 4.34 Å². The Morgan fingerprint density at radius 3 is 2.57 bits per heavy atom. The Morgan fingerprint density at radius 2 is 1.96 bits per heavy atom. The van der Waals surface area contributed by atoms with Crippen molar-refractivity contribution in [3.8, 4) is 0 Å². The van der Waals surface area contributed by atoms with Crippen LogP contribution < -0.4 is 16.4 Å². The first-order valence-corrected chi connectivity index (χ1v) is 9.52. The summed E-state index contributed by atoms with van der Waals surface area (Å²) in [4.78, 5) is 22.9. The minimum atomic E-state index is -0.835. The molecule has 2 rings (SSSR count). The van der Waals surface area contributed by atoms with Gasteiger partial charge < -0.3 is 11.1 Å². The number of nitrogens with zero attached hydrogens (tertiary/aromatic N) is 2. The molecule has 3 amide bonds. The highest BCUT2D eigenvalue weighted by atomic mass is 32.2.